The number of hydrogen-bond acceptors (Lipinski definition) is 4. The van der Waals surface area contributed by atoms with Gasteiger partial charge in [0, 0.05) is 18.8 Å². The lowest BCUT2D eigenvalue weighted by atomic mass is 9.99. The summed E-state index contributed by atoms with van der Waals surface area (Å²) in [6.45, 7) is 2.83. The van der Waals surface area contributed by atoms with Gasteiger partial charge in [0.25, 0.3) is 0 Å². The van der Waals surface area contributed by atoms with Gasteiger partial charge in [-0.25, -0.2) is 4.79 Å². The van der Waals surface area contributed by atoms with E-state index in [-0.39, 0.29) is 25.0 Å². The van der Waals surface area contributed by atoms with E-state index in [1.54, 1.807) is 31.2 Å². The SMILES string of the molecule is CCOC(=O)Cc1cccc(NC(=O)N2CCCC(C(=O)O)C2)c1. The first kappa shape index (κ1) is 17.8. The van der Waals surface area contributed by atoms with E-state index < -0.39 is 11.9 Å². The summed E-state index contributed by atoms with van der Waals surface area (Å²) in [6.07, 6.45) is 1.41. The fraction of sp³-hybridized carbons (Fsp3) is 0.471. The Labute approximate surface area is 140 Å². The number of carbonyl (C=O) groups is 3. The fourth-order valence-electron chi connectivity index (χ4n) is 2.70. The number of carbonyl (C=O) groups excluding carboxylic acids is 2. The predicted molar refractivity (Wildman–Crippen MR) is 87.7 cm³/mol. The maximum Gasteiger partial charge on any atom is 0.321 e. The summed E-state index contributed by atoms with van der Waals surface area (Å²) >= 11 is 0. The lowest BCUT2D eigenvalue weighted by Gasteiger charge is -2.30. The van der Waals surface area contributed by atoms with Gasteiger partial charge in [-0.3, -0.25) is 9.59 Å². The molecule has 0 radical (unpaired) electrons. The molecule has 0 aliphatic carbocycles. The van der Waals surface area contributed by atoms with Gasteiger partial charge in [-0.15, -0.1) is 0 Å². The Kier molecular flexibility index (Phi) is 6.17. The van der Waals surface area contributed by atoms with Crippen molar-refractivity contribution in [2.45, 2.75) is 26.2 Å². The molecule has 2 amide bonds. The molecule has 24 heavy (non-hydrogen) atoms. The van der Waals surface area contributed by atoms with E-state index in [1.807, 2.05) is 0 Å². The largest absolute Gasteiger partial charge is 0.481 e. The minimum absolute atomic E-state index is 0.141. The van der Waals surface area contributed by atoms with Crippen molar-refractivity contribution < 1.29 is 24.2 Å². The number of amides is 2. The van der Waals surface area contributed by atoms with E-state index in [4.69, 9.17) is 9.84 Å². The van der Waals surface area contributed by atoms with Gasteiger partial charge in [0.05, 0.1) is 18.9 Å². The third-order valence-electron chi connectivity index (χ3n) is 3.89. The molecule has 1 aliphatic rings. The fourth-order valence-corrected chi connectivity index (χ4v) is 2.70. The number of hydrogen-bond donors (Lipinski definition) is 2. The number of anilines is 1. The topological polar surface area (TPSA) is 95.9 Å². The van der Waals surface area contributed by atoms with Crippen LogP contribution in [0.4, 0.5) is 10.5 Å². The molecule has 1 aliphatic heterocycles. The number of piperidine rings is 1. The maximum atomic E-state index is 12.3. The van der Waals surface area contributed by atoms with Crippen LogP contribution in [-0.2, 0) is 20.7 Å². The zero-order valence-corrected chi connectivity index (χ0v) is 13.7. The molecule has 0 aromatic heterocycles. The average molecular weight is 334 g/mol. The van der Waals surface area contributed by atoms with Gasteiger partial charge in [-0.2, -0.15) is 0 Å². The molecule has 2 rings (SSSR count). The van der Waals surface area contributed by atoms with Gasteiger partial charge in [-0.05, 0) is 37.5 Å². The lowest BCUT2D eigenvalue weighted by Crippen LogP contribution is -2.44. The Morgan fingerprint density at radius 2 is 2.17 bits per heavy atom. The predicted octanol–water partition coefficient (Wildman–Crippen LogP) is 2.12. The second kappa shape index (κ2) is 8.33. The van der Waals surface area contributed by atoms with Crippen molar-refractivity contribution in [3.63, 3.8) is 0 Å². The summed E-state index contributed by atoms with van der Waals surface area (Å²) in [7, 11) is 0. The van der Waals surface area contributed by atoms with E-state index in [1.165, 1.54) is 4.90 Å². The molecule has 0 saturated carbocycles. The zero-order valence-electron chi connectivity index (χ0n) is 13.7. The van der Waals surface area contributed by atoms with Crippen molar-refractivity contribution >= 4 is 23.7 Å². The molecule has 0 bridgehead atoms. The van der Waals surface area contributed by atoms with Crippen molar-refractivity contribution in [1.29, 1.82) is 0 Å². The number of nitrogens with one attached hydrogen (secondary N) is 1. The minimum atomic E-state index is -0.871. The van der Waals surface area contributed by atoms with Crippen LogP contribution in [0.5, 0.6) is 0 Å². The van der Waals surface area contributed by atoms with Gasteiger partial charge >= 0.3 is 18.0 Å². The number of aliphatic carboxylic acids is 1. The standard InChI is InChI=1S/C17H22N2O5/c1-2-24-15(20)10-12-5-3-7-14(9-12)18-17(23)19-8-4-6-13(11-19)16(21)22/h3,5,7,9,13H,2,4,6,8,10-11H2,1H3,(H,18,23)(H,21,22). The van der Waals surface area contributed by atoms with Crippen LogP contribution in [-0.4, -0.2) is 47.7 Å². The van der Waals surface area contributed by atoms with E-state index in [9.17, 15) is 14.4 Å². The molecule has 1 heterocycles. The monoisotopic (exact) mass is 334 g/mol. The van der Waals surface area contributed by atoms with Gasteiger partial charge in [0.15, 0.2) is 0 Å². The molecular weight excluding hydrogens is 312 g/mol. The molecule has 0 spiro atoms. The molecular formula is C17H22N2O5. The number of carboxylic acid groups (broad SMARTS) is 1. The van der Waals surface area contributed by atoms with Crippen molar-refractivity contribution in [1.82, 2.24) is 4.90 Å². The molecule has 7 heteroatoms. The lowest BCUT2D eigenvalue weighted by molar-refractivity contribution is -0.143. The summed E-state index contributed by atoms with van der Waals surface area (Å²) in [4.78, 5) is 36.4. The van der Waals surface area contributed by atoms with Crippen LogP contribution in [0.3, 0.4) is 0 Å². The van der Waals surface area contributed by atoms with Gasteiger partial charge in [0.2, 0.25) is 0 Å². The molecule has 130 valence electrons. The molecule has 1 aromatic rings. The molecule has 1 unspecified atom stereocenters. The van der Waals surface area contributed by atoms with Crippen LogP contribution in [0.1, 0.15) is 25.3 Å². The molecule has 1 aromatic carbocycles. The average Bonchev–Trinajstić information content (AvgIpc) is 2.55. The summed E-state index contributed by atoms with van der Waals surface area (Å²) in [5.74, 6) is -1.70. The maximum absolute atomic E-state index is 12.3. The Hall–Kier alpha value is -2.57. The van der Waals surface area contributed by atoms with Crippen LogP contribution in [0.2, 0.25) is 0 Å². The van der Waals surface area contributed by atoms with E-state index in [0.717, 1.165) is 5.56 Å². The summed E-state index contributed by atoms with van der Waals surface area (Å²) in [6, 6.07) is 6.65. The highest BCUT2D eigenvalue weighted by molar-refractivity contribution is 5.90. The number of nitrogens with zero attached hydrogens (tertiary/aromatic N) is 1. The smallest absolute Gasteiger partial charge is 0.321 e. The highest BCUT2D eigenvalue weighted by Gasteiger charge is 2.28. The first-order valence-electron chi connectivity index (χ1n) is 8.03. The van der Waals surface area contributed by atoms with Crippen LogP contribution in [0.15, 0.2) is 24.3 Å². The number of esters is 1. The Morgan fingerprint density at radius 3 is 2.88 bits per heavy atom. The number of rotatable bonds is 5. The second-order valence-corrected chi connectivity index (χ2v) is 5.74. The number of carboxylic acids is 1. The Morgan fingerprint density at radius 1 is 1.38 bits per heavy atom. The summed E-state index contributed by atoms with van der Waals surface area (Å²) in [5, 5.41) is 11.8. The number of ether oxygens (including phenoxy) is 1. The number of benzene rings is 1. The molecule has 1 fully saturated rings. The highest BCUT2D eigenvalue weighted by atomic mass is 16.5. The van der Waals surface area contributed by atoms with Gasteiger partial charge < -0.3 is 20.1 Å². The van der Waals surface area contributed by atoms with Gasteiger partial charge in [-0.1, -0.05) is 12.1 Å². The molecule has 1 saturated heterocycles. The summed E-state index contributed by atoms with van der Waals surface area (Å²) in [5.41, 5.74) is 1.31. The normalized spacial score (nSPS) is 17.2. The number of urea groups is 1. The van der Waals surface area contributed by atoms with Crippen molar-refractivity contribution in [2.24, 2.45) is 5.92 Å². The quantitative estimate of drug-likeness (QED) is 0.804. The number of likely N-dealkylation sites (tertiary alicyclic amines) is 1. The minimum Gasteiger partial charge on any atom is -0.481 e. The van der Waals surface area contributed by atoms with Crippen LogP contribution in [0.25, 0.3) is 0 Å². The summed E-state index contributed by atoms with van der Waals surface area (Å²) < 4.78 is 4.91. The van der Waals surface area contributed by atoms with E-state index >= 15 is 0 Å². The zero-order chi connectivity index (χ0) is 17.5. The first-order valence-corrected chi connectivity index (χ1v) is 8.03. The van der Waals surface area contributed by atoms with Crippen molar-refractivity contribution in [2.75, 3.05) is 25.0 Å². The Bertz CT molecular complexity index is 617. The Balaban J connectivity index is 1.96. The second-order valence-electron chi connectivity index (χ2n) is 5.74. The van der Waals surface area contributed by atoms with Crippen molar-refractivity contribution in [3.8, 4) is 0 Å². The third-order valence-corrected chi connectivity index (χ3v) is 3.89. The van der Waals surface area contributed by atoms with Gasteiger partial charge in [0.1, 0.15) is 0 Å². The van der Waals surface area contributed by atoms with Crippen molar-refractivity contribution in [3.05, 3.63) is 29.8 Å². The van der Waals surface area contributed by atoms with Crippen LogP contribution in [0, 0.1) is 5.92 Å². The highest BCUT2D eigenvalue weighted by Crippen LogP contribution is 2.18. The van der Waals surface area contributed by atoms with Crippen LogP contribution >= 0.6 is 0 Å². The van der Waals surface area contributed by atoms with Crippen LogP contribution < -0.4 is 5.32 Å². The van der Waals surface area contributed by atoms with E-state index in [2.05, 4.69) is 5.32 Å². The third kappa shape index (κ3) is 4.97. The first-order chi connectivity index (χ1) is 11.5. The van der Waals surface area contributed by atoms with E-state index in [0.29, 0.717) is 31.7 Å². The molecule has 2 N–H and O–H groups in total. The molecule has 1 atom stereocenters. The molecule has 7 nitrogen and oxygen atoms in total.